The molecule has 0 fully saturated rings. The van der Waals surface area contributed by atoms with Crippen molar-refractivity contribution in [1.29, 1.82) is 0 Å². The molecule has 0 aliphatic carbocycles. The molecule has 0 saturated heterocycles. The number of aliphatic hydroxyl groups excluding tert-OH is 1. The summed E-state index contributed by atoms with van der Waals surface area (Å²) in [7, 11) is 1.37. The van der Waals surface area contributed by atoms with Crippen molar-refractivity contribution >= 4 is 29.1 Å². The molecule has 4 aliphatic rings. The molecule has 10 heteroatoms. The third kappa shape index (κ3) is 3.51. The molecular formula is C24H22FN4O5+. The average Bonchev–Trinajstić information content (AvgIpc) is 3.18. The lowest BCUT2D eigenvalue weighted by Crippen LogP contribution is -2.51. The molecule has 34 heavy (non-hydrogen) atoms. The predicted octanol–water partition coefficient (Wildman–Crippen LogP) is 1.71. The van der Waals surface area contributed by atoms with E-state index in [0.717, 1.165) is 5.56 Å². The largest absolute Gasteiger partial charge is 0.504 e. The van der Waals surface area contributed by atoms with Crippen molar-refractivity contribution in [3.63, 3.8) is 0 Å². The standard InChI is InChI=1S/C24H21FN4O5/c1-24(2)11-33-22(28-24)15-10-29-18-17(19(30)16(23(29)32)21(31)26-3)27-9-13(20(18)34-15)8-12-4-6-14(25)7-5-12/h4-7,9-10,20H,8,11H2,1-3H3,(H-,26,30,31,32)/p+1. The van der Waals surface area contributed by atoms with Gasteiger partial charge in [0, 0.05) is 18.8 Å². The van der Waals surface area contributed by atoms with Crippen LogP contribution in [0, 0.1) is 5.82 Å². The number of aliphatic hydroxyl groups is 1. The normalized spacial score (nSPS) is 22.7. The number of likely N-dealkylation sites (N-methyl/N-ethyl adjacent to an activating group) is 1. The van der Waals surface area contributed by atoms with Gasteiger partial charge in [0.25, 0.3) is 17.5 Å². The van der Waals surface area contributed by atoms with E-state index in [9.17, 15) is 19.1 Å². The van der Waals surface area contributed by atoms with Crippen LogP contribution in [0.4, 0.5) is 4.39 Å². The molecule has 1 unspecified atom stereocenters. The lowest BCUT2D eigenvalue weighted by Gasteiger charge is -2.29. The van der Waals surface area contributed by atoms with Crippen molar-refractivity contribution in [2.45, 2.75) is 31.9 Å². The first-order valence-electron chi connectivity index (χ1n) is 10.7. The van der Waals surface area contributed by atoms with E-state index in [1.54, 1.807) is 12.1 Å². The quantitative estimate of drug-likeness (QED) is 0.519. The summed E-state index contributed by atoms with van der Waals surface area (Å²) >= 11 is 0. The first-order valence-corrected chi connectivity index (χ1v) is 10.7. The summed E-state index contributed by atoms with van der Waals surface area (Å²) < 4.78 is 26.6. The Morgan fingerprint density at radius 3 is 2.71 bits per heavy atom. The number of amides is 2. The lowest BCUT2D eigenvalue weighted by atomic mass is 9.89. The minimum absolute atomic E-state index is 0.0657. The maximum atomic E-state index is 13.4. The van der Waals surface area contributed by atoms with Crippen LogP contribution >= 0.6 is 0 Å². The van der Waals surface area contributed by atoms with E-state index in [1.165, 1.54) is 36.2 Å². The van der Waals surface area contributed by atoms with Crippen LogP contribution in [0.1, 0.15) is 19.4 Å². The van der Waals surface area contributed by atoms with Crippen molar-refractivity contribution in [3.8, 4) is 0 Å². The molecule has 4 heterocycles. The minimum atomic E-state index is -0.815. The van der Waals surface area contributed by atoms with Crippen LogP contribution in [0.3, 0.4) is 0 Å². The van der Waals surface area contributed by atoms with Crippen LogP contribution in [0.5, 0.6) is 0 Å². The van der Waals surface area contributed by atoms with E-state index < -0.39 is 34.8 Å². The number of hydrogen-bond donors (Lipinski definition) is 2. The number of hydrogen-bond acceptors (Lipinski definition) is 7. The van der Waals surface area contributed by atoms with Gasteiger partial charge in [-0.3, -0.25) is 4.79 Å². The molecule has 0 spiro atoms. The number of allylic oxidation sites excluding steroid dienone is 1. The van der Waals surface area contributed by atoms with Gasteiger partial charge in [-0.1, -0.05) is 12.1 Å². The summed E-state index contributed by atoms with van der Waals surface area (Å²) in [5, 5.41) is 13.1. The van der Waals surface area contributed by atoms with Gasteiger partial charge in [0.05, 0.1) is 5.54 Å². The average molecular weight is 465 g/mol. The number of ether oxygens (including phenoxy) is 2. The van der Waals surface area contributed by atoms with Crippen LogP contribution in [-0.2, 0) is 25.5 Å². The van der Waals surface area contributed by atoms with Gasteiger partial charge in [-0.2, -0.15) is 0 Å². The summed E-state index contributed by atoms with van der Waals surface area (Å²) in [5.74, 6) is -1.88. The van der Waals surface area contributed by atoms with Crippen LogP contribution < -0.4 is 5.32 Å². The zero-order valence-corrected chi connectivity index (χ0v) is 18.8. The summed E-state index contributed by atoms with van der Waals surface area (Å²) in [6, 6.07) is 6.02. The maximum absolute atomic E-state index is 13.4. The second-order valence-electron chi connectivity index (χ2n) is 8.86. The Morgan fingerprint density at radius 1 is 1.32 bits per heavy atom. The van der Waals surface area contributed by atoms with Gasteiger partial charge in [-0.25, -0.2) is 19.2 Å². The third-order valence-corrected chi connectivity index (χ3v) is 5.78. The highest BCUT2D eigenvalue weighted by Gasteiger charge is 2.52. The second kappa shape index (κ2) is 7.75. The molecule has 0 bridgehead atoms. The fourth-order valence-electron chi connectivity index (χ4n) is 4.11. The summed E-state index contributed by atoms with van der Waals surface area (Å²) in [6.07, 6.45) is 2.47. The lowest BCUT2D eigenvalue weighted by molar-refractivity contribution is -0.385. The van der Waals surface area contributed by atoms with Crippen molar-refractivity contribution in [2.75, 3.05) is 13.7 Å². The molecular weight excluding hydrogens is 443 g/mol. The second-order valence-corrected chi connectivity index (χ2v) is 8.86. The topological polar surface area (TPSA) is 113 Å². The molecule has 5 rings (SSSR count). The summed E-state index contributed by atoms with van der Waals surface area (Å²) in [5.41, 5.74) is 0.940. The number of nitrogens with one attached hydrogen (secondary N) is 1. The molecule has 2 N–H and O–H groups in total. The zero-order chi connectivity index (χ0) is 24.2. The molecule has 2 amide bonds. The third-order valence-electron chi connectivity index (χ3n) is 5.78. The van der Waals surface area contributed by atoms with Crippen molar-refractivity contribution in [2.24, 2.45) is 9.98 Å². The van der Waals surface area contributed by atoms with Gasteiger partial charge in [0.1, 0.15) is 12.4 Å². The summed E-state index contributed by atoms with van der Waals surface area (Å²) in [4.78, 5) is 34.6. The molecule has 9 nitrogen and oxygen atoms in total. The number of carbonyl (C=O) groups excluding carboxylic acids is 2. The van der Waals surface area contributed by atoms with Crippen molar-refractivity contribution in [1.82, 2.24) is 5.32 Å². The molecule has 1 aromatic carbocycles. The Hall–Kier alpha value is -4.08. The number of nitrogens with zero attached hydrogens (tertiary/aromatic N) is 3. The van der Waals surface area contributed by atoms with Crippen molar-refractivity contribution < 1.29 is 33.1 Å². The Kier molecular flexibility index (Phi) is 4.96. The zero-order valence-electron chi connectivity index (χ0n) is 18.8. The molecule has 1 aromatic rings. The molecule has 0 aromatic heterocycles. The number of halogens is 1. The fraction of sp³-hybridized carbons (Fsp3) is 0.292. The van der Waals surface area contributed by atoms with Crippen molar-refractivity contribution in [3.05, 3.63) is 70.7 Å². The van der Waals surface area contributed by atoms with Gasteiger partial charge < -0.3 is 19.9 Å². The predicted molar refractivity (Wildman–Crippen MR) is 120 cm³/mol. The monoisotopic (exact) mass is 465 g/mol. The van der Waals surface area contributed by atoms with E-state index in [4.69, 9.17) is 9.47 Å². The SMILES string of the molecule is CNC(=O)C1=C(O)C2=NC=C(Cc3ccc(F)cc3)C3OC(C4=NC(C)(C)CO4)=C[N+](=C23)C1=O. The van der Waals surface area contributed by atoms with E-state index >= 15 is 0 Å². The van der Waals surface area contributed by atoms with Gasteiger partial charge in [-0.05, 0) is 38.0 Å². The molecule has 1 atom stereocenters. The van der Waals surface area contributed by atoms with Crippen LogP contribution in [0.2, 0.25) is 0 Å². The van der Waals surface area contributed by atoms with E-state index in [0.29, 0.717) is 18.6 Å². The van der Waals surface area contributed by atoms with Crippen LogP contribution in [-0.4, -0.2) is 64.1 Å². The van der Waals surface area contributed by atoms with Gasteiger partial charge in [0.15, 0.2) is 17.0 Å². The molecule has 0 radical (unpaired) electrons. The van der Waals surface area contributed by atoms with Crippen LogP contribution in [0.15, 0.2) is 69.3 Å². The Morgan fingerprint density at radius 2 is 2.06 bits per heavy atom. The minimum Gasteiger partial charge on any atom is -0.504 e. The highest BCUT2D eigenvalue weighted by Crippen LogP contribution is 2.32. The number of aliphatic imine (C=N–C) groups is 2. The molecule has 0 saturated carbocycles. The van der Waals surface area contributed by atoms with E-state index in [-0.39, 0.29) is 28.9 Å². The first kappa shape index (κ1) is 21.7. The first-order chi connectivity index (χ1) is 16.2. The fourth-order valence-corrected chi connectivity index (χ4v) is 4.11. The van der Waals surface area contributed by atoms with Crippen LogP contribution in [0.25, 0.3) is 0 Å². The Balaban J connectivity index is 1.64. The number of benzene rings is 1. The Bertz CT molecular complexity index is 1320. The smallest absolute Gasteiger partial charge is 0.434 e. The molecule has 4 aliphatic heterocycles. The van der Waals surface area contributed by atoms with Gasteiger partial charge in [0.2, 0.25) is 18.1 Å². The maximum Gasteiger partial charge on any atom is 0.434 e. The number of carbonyl (C=O) groups is 2. The van der Waals surface area contributed by atoms with E-state index in [1.807, 2.05) is 13.8 Å². The Labute approximate surface area is 194 Å². The highest BCUT2D eigenvalue weighted by atomic mass is 19.1. The highest BCUT2D eigenvalue weighted by molar-refractivity contribution is 6.52. The molecule has 174 valence electrons. The van der Waals surface area contributed by atoms with E-state index in [2.05, 4.69) is 15.3 Å². The summed E-state index contributed by atoms with van der Waals surface area (Å²) in [6.45, 7) is 4.15. The number of rotatable bonds is 4. The van der Waals surface area contributed by atoms with Gasteiger partial charge in [-0.15, -0.1) is 4.58 Å². The van der Waals surface area contributed by atoms with Gasteiger partial charge >= 0.3 is 5.91 Å².